The Labute approximate surface area is 316 Å². The van der Waals surface area contributed by atoms with Gasteiger partial charge in [-0.2, -0.15) is 0 Å². The van der Waals surface area contributed by atoms with Crippen molar-refractivity contribution in [2.75, 3.05) is 0 Å². The van der Waals surface area contributed by atoms with Gasteiger partial charge in [0.05, 0.1) is 34.2 Å². The predicted molar refractivity (Wildman–Crippen MR) is 203 cm³/mol. The molecule has 0 N–H and O–H groups in total. The SMILES string of the molecule is C=Cc1ccnc(-c2cc(C)ccn2)c1C=O.C=Cc1ccnc(-c2cc(C)ccn2)c1C=O.C=Cc1ccnc(-c2cc(C)ccn2)c1C=O.[Ru]. The van der Waals surface area contributed by atoms with Gasteiger partial charge < -0.3 is 0 Å². The number of carbonyl (C=O) groups is 3. The molecule has 0 fully saturated rings. The molecule has 52 heavy (non-hydrogen) atoms. The van der Waals surface area contributed by atoms with Crippen LogP contribution in [0.2, 0.25) is 0 Å². The number of aldehydes is 3. The van der Waals surface area contributed by atoms with Crippen molar-refractivity contribution >= 4 is 37.1 Å². The minimum absolute atomic E-state index is 0. The Balaban J connectivity index is 0.000000208. The minimum atomic E-state index is 0. The van der Waals surface area contributed by atoms with Crippen molar-refractivity contribution in [3.8, 4) is 34.2 Å². The molecule has 0 aromatic carbocycles. The molecule has 0 spiro atoms. The Morgan fingerprint density at radius 1 is 0.423 bits per heavy atom. The standard InChI is InChI=1S/3C14H12N2O.Ru/c3*1-3-11-5-7-16-14(12(11)9-17)13-8-10(2)4-6-15-13;/h3*3-9H,1H2,2H3;. The number of hydrogen-bond donors (Lipinski definition) is 0. The van der Waals surface area contributed by atoms with E-state index in [9.17, 15) is 14.4 Å². The zero-order valence-electron chi connectivity index (χ0n) is 29.0. The first-order valence-electron chi connectivity index (χ1n) is 15.8. The molecule has 6 aromatic heterocycles. The topological polar surface area (TPSA) is 129 Å². The Bertz CT molecular complexity index is 1990. The molecule has 0 atom stereocenters. The number of nitrogens with zero attached hydrogens (tertiary/aromatic N) is 6. The smallest absolute Gasteiger partial charge is 0.152 e. The van der Waals surface area contributed by atoms with Crippen molar-refractivity contribution in [3.63, 3.8) is 0 Å². The Morgan fingerprint density at radius 3 is 0.885 bits per heavy atom. The summed E-state index contributed by atoms with van der Waals surface area (Å²) in [7, 11) is 0. The first kappa shape index (κ1) is 40.2. The zero-order chi connectivity index (χ0) is 36.8. The van der Waals surface area contributed by atoms with Crippen LogP contribution in [-0.4, -0.2) is 48.8 Å². The van der Waals surface area contributed by atoms with Crippen LogP contribution in [0.25, 0.3) is 52.4 Å². The molecule has 10 heteroatoms. The van der Waals surface area contributed by atoms with Crippen molar-refractivity contribution in [3.05, 3.63) is 162 Å². The van der Waals surface area contributed by atoms with Gasteiger partial charge in [0.1, 0.15) is 0 Å². The molecule has 0 saturated heterocycles. The second-order valence-electron chi connectivity index (χ2n) is 11.1. The fourth-order valence-corrected chi connectivity index (χ4v) is 4.98. The number of rotatable bonds is 9. The largest absolute Gasteiger partial charge is 0.298 e. The molecular formula is C42H36N6O3Ru. The van der Waals surface area contributed by atoms with E-state index >= 15 is 0 Å². The van der Waals surface area contributed by atoms with E-state index in [2.05, 4.69) is 49.6 Å². The maximum absolute atomic E-state index is 11.1. The van der Waals surface area contributed by atoms with Crippen LogP contribution in [0.5, 0.6) is 0 Å². The van der Waals surface area contributed by atoms with Gasteiger partial charge in [-0.25, -0.2) is 0 Å². The van der Waals surface area contributed by atoms with E-state index in [4.69, 9.17) is 0 Å². The van der Waals surface area contributed by atoms with Crippen molar-refractivity contribution in [2.24, 2.45) is 0 Å². The third-order valence-corrected chi connectivity index (χ3v) is 7.56. The van der Waals surface area contributed by atoms with Crippen molar-refractivity contribution in [1.82, 2.24) is 29.9 Å². The summed E-state index contributed by atoms with van der Waals surface area (Å²) >= 11 is 0. The third kappa shape index (κ3) is 9.93. The molecule has 0 aliphatic carbocycles. The van der Waals surface area contributed by atoms with Crippen molar-refractivity contribution in [1.29, 1.82) is 0 Å². The van der Waals surface area contributed by atoms with E-state index in [0.29, 0.717) is 50.9 Å². The maximum Gasteiger partial charge on any atom is 0.152 e. The molecule has 9 nitrogen and oxygen atoms in total. The molecular weight excluding hydrogens is 738 g/mol. The van der Waals surface area contributed by atoms with E-state index in [1.807, 2.05) is 57.2 Å². The van der Waals surface area contributed by atoms with E-state index < -0.39 is 0 Å². The second kappa shape index (κ2) is 19.8. The monoisotopic (exact) mass is 774 g/mol. The maximum atomic E-state index is 11.1. The number of pyridine rings is 6. The number of hydrogen-bond acceptors (Lipinski definition) is 9. The molecule has 260 valence electrons. The van der Waals surface area contributed by atoms with Crippen LogP contribution in [0, 0.1) is 20.8 Å². The van der Waals surface area contributed by atoms with Crippen molar-refractivity contribution in [2.45, 2.75) is 20.8 Å². The molecule has 0 amide bonds. The summed E-state index contributed by atoms with van der Waals surface area (Å²) < 4.78 is 0. The van der Waals surface area contributed by atoms with Crippen LogP contribution in [0.4, 0.5) is 0 Å². The van der Waals surface area contributed by atoms with Crippen LogP contribution >= 0.6 is 0 Å². The number of aromatic nitrogens is 6. The fraction of sp³-hybridized carbons (Fsp3) is 0.0714. The fourth-order valence-electron chi connectivity index (χ4n) is 4.98. The summed E-state index contributed by atoms with van der Waals surface area (Å²) in [6.07, 6.45) is 17.4. The average molecular weight is 774 g/mol. The molecule has 0 unspecified atom stereocenters. The van der Waals surface area contributed by atoms with E-state index in [-0.39, 0.29) is 19.5 Å². The summed E-state index contributed by atoms with van der Waals surface area (Å²) in [5, 5.41) is 0. The first-order chi connectivity index (χ1) is 24.8. The van der Waals surface area contributed by atoms with Gasteiger partial charge in [0.25, 0.3) is 0 Å². The van der Waals surface area contributed by atoms with Crippen LogP contribution in [0.1, 0.15) is 64.5 Å². The third-order valence-electron chi connectivity index (χ3n) is 7.56. The molecule has 6 aromatic rings. The molecule has 0 bridgehead atoms. The van der Waals surface area contributed by atoms with Crippen LogP contribution in [0.15, 0.2) is 112 Å². The van der Waals surface area contributed by atoms with Crippen LogP contribution in [0.3, 0.4) is 0 Å². The second-order valence-corrected chi connectivity index (χ2v) is 11.1. The quantitative estimate of drug-likeness (QED) is 0.105. The predicted octanol–water partition coefficient (Wildman–Crippen LogP) is 8.72. The van der Waals surface area contributed by atoms with Crippen LogP contribution in [-0.2, 0) is 19.5 Å². The normalized spacial score (nSPS) is 9.75. The van der Waals surface area contributed by atoms with Gasteiger partial charge in [-0.05, 0) is 109 Å². The number of aryl methyl sites for hydroxylation is 3. The Morgan fingerprint density at radius 2 is 0.673 bits per heavy atom. The van der Waals surface area contributed by atoms with Crippen molar-refractivity contribution < 1.29 is 33.9 Å². The summed E-state index contributed by atoms with van der Waals surface area (Å²) in [5.74, 6) is 0. The molecule has 6 rings (SSSR count). The van der Waals surface area contributed by atoms with Gasteiger partial charge in [-0.15, -0.1) is 0 Å². The average Bonchev–Trinajstić information content (AvgIpc) is 3.17. The number of carbonyl (C=O) groups excluding carboxylic acids is 3. The van der Waals surface area contributed by atoms with Gasteiger partial charge >= 0.3 is 0 Å². The van der Waals surface area contributed by atoms with Gasteiger partial charge in [0, 0.05) is 73.3 Å². The molecule has 0 aliphatic heterocycles. The van der Waals surface area contributed by atoms with Gasteiger partial charge in [-0.1, -0.05) is 38.0 Å². The summed E-state index contributed by atoms with van der Waals surface area (Å²) in [6.45, 7) is 17.0. The summed E-state index contributed by atoms with van der Waals surface area (Å²) in [5.41, 5.74) is 11.1. The molecule has 0 saturated carbocycles. The van der Waals surface area contributed by atoms with Gasteiger partial charge in [0.2, 0.25) is 0 Å². The van der Waals surface area contributed by atoms with E-state index in [1.54, 1.807) is 73.6 Å². The summed E-state index contributed by atoms with van der Waals surface area (Å²) in [4.78, 5) is 58.8. The van der Waals surface area contributed by atoms with Crippen LogP contribution < -0.4 is 0 Å². The first-order valence-corrected chi connectivity index (χ1v) is 15.8. The van der Waals surface area contributed by atoms with E-state index in [1.165, 1.54) is 0 Å². The Kier molecular flexibility index (Phi) is 15.3. The van der Waals surface area contributed by atoms with E-state index in [0.717, 1.165) is 52.2 Å². The molecule has 6 heterocycles. The Hall–Kier alpha value is -6.25. The van der Waals surface area contributed by atoms with Gasteiger partial charge in [-0.3, -0.25) is 44.3 Å². The van der Waals surface area contributed by atoms with Gasteiger partial charge in [0.15, 0.2) is 18.9 Å². The molecule has 0 aliphatic rings. The molecule has 0 radical (unpaired) electrons. The minimum Gasteiger partial charge on any atom is -0.298 e. The zero-order valence-corrected chi connectivity index (χ0v) is 30.7. The summed E-state index contributed by atoms with van der Waals surface area (Å²) in [6, 6.07) is 16.7.